The summed E-state index contributed by atoms with van der Waals surface area (Å²) < 4.78 is 0.880. The van der Waals surface area contributed by atoms with Crippen molar-refractivity contribution in [2.45, 2.75) is 33.2 Å². The third-order valence-electron chi connectivity index (χ3n) is 4.04. The molecule has 0 radical (unpaired) electrons. The Morgan fingerprint density at radius 2 is 1.96 bits per heavy atom. The van der Waals surface area contributed by atoms with E-state index < -0.39 is 0 Å². The third kappa shape index (κ3) is 3.99. The molecular weight excluding hydrogens is 394 g/mol. The number of benzene rings is 2. The molecule has 0 atom stereocenters. The second-order valence-electron chi connectivity index (χ2n) is 6.37. The number of amides is 1. The van der Waals surface area contributed by atoms with Crippen LogP contribution >= 0.6 is 15.9 Å². The van der Waals surface area contributed by atoms with Gasteiger partial charge >= 0.3 is 0 Å². The molecule has 1 amide bonds. The average molecular weight is 414 g/mol. The highest BCUT2D eigenvalue weighted by molar-refractivity contribution is 9.10. The van der Waals surface area contributed by atoms with Crippen LogP contribution in [0.2, 0.25) is 0 Å². The molecule has 1 aromatic heterocycles. The summed E-state index contributed by atoms with van der Waals surface area (Å²) in [6.45, 7) is 6.20. The number of aryl methyl sites for hydroxylation is 1. The van der Waals surface area contributed by atoms with Gasteiger partial charge in [0, 0.05) is 15.7 Å². The Labute approximate surface area is 160 Å². The van der Waals surface area contributed by atoms with Crippen LogP contribution in [0.15, 0.2) is 46.9 Å². The summed E-state index contributed by atoms with van der Waals surface area (Å²) in [6.07, 6.45) is 0. The SMILES string of the molecule is Cc1cccc(C(C)C)c1NC(=O)Cn1nnc(-c2ccccc2Br)n1. The van der Waals surface area contributed by atoms with Crippen LogP contribution in [0.25, 0.3) is 11.4 Å². The van der Waals surface area contributed by atoms with Gasteiger partial charge in [0.2, 0.25) is 11.7 Å². The maximum absolute atomic E-state index is 12.5. The summed E-state index contributed by atoms with van der Waals surface area (Å²) >= 11 is 3.47. The van der Waals surface area contributed by atoms with Crippen LogP contribution < -0.4 is 5.32 Å². The molecule has 1 N–H and O–H groups in total. The highest BCUT2D eigenvalue weighted by atomic mass is 79.9. The molecule has 0 aliphatic carbocycles. The van der Waals surface area contributed by atoms with Crippen LogP contribution in [0.4, 0.5) is 5.69 Å². The van der Waals surface area contributed by atoms with Crippen molar-refractivity contribution in [3.05, 3.63) is 58.1 Å². The molecule has 3 rings (SSSR count). The zero-order valence-corrected chi connectivity index (χ0v) is 16.5. The number of aromatic nitrogens is 4. The van der Waals surface area contributed by atoms with Crippen LogP contribution in [-0.4, -0.2) is 26.1 Å². The van der Waals surface area contributed by atoms with E-state index in [4.69, 9.17) is 0 Å². The lowest BCUT2D eigenvalue weighted by atomic mass is 9.98. The van der Waals surface area contributed by atoms with E-state index in [0.29, 0.717) is 11.7 Å². The molecule has 3 aromatic rings. The number of hydrogen-bond donors (Lipinski definition) is 1. The fourth-order valence-electron chi connectivity index (χ4n) is 2.71. The lowest BCUT2D eigenvalue weighted by Gasteiger charge is -2.16. The summed E-state index contributed by atoms with van der Waals surface area (Å²) in [7, 11) is 0. The molecule has 0 spiro atoms. The average Bonchev–Trinajstić information content (AvgIpc) is 3.05. The number of nitrogens with zero attached hydrogens (tertiary/aromatic N) is 4. The minimum atomic E-state index is -0.183. The maximum Gasteiger partial charge on any atom is 0.248 e. The van der Waals surface area contributed by atoms with Gasteiger partial charge in [-0.15, -0.1) is 10.2 Å². The summed E-state index contributed by atoms with van der Waals surface area (Å²) in [5.41, 5.74) is 3.84. The van der Waals surface area contributed by atoms with Crippen molar-refractivity contribution in [1.29, 1.82) is 0 Å². The van der Waals surface area contributed by atoms with Crippen molar-refractivity contribution in [2.75, 3.05) is 5.32 Å². The molecule has 0 aliphatic heterocycles. The first kappa shape index (κ1) is 18.3. The van der Waals surface area contributed by atoms with Gasteiger partial charge in [0.1, 0.15) is 6.54 Å². The van der Waals surface area contributed by atoms with Crippen molar-refractivity contribution in [2.24, 2.45) is 0 Å². The van der Waals surface area contributed by atoms with E-state index in [1.807, 2.05) is 49.4 Å². The Bertz CT molecular complexity index is 935. The molecule has 2 aromatic carbocycles. The molecule has 26 heavy (non-hydrogen) atoms. The predicted octanol–water partition coefficient (Wildman–Crippen LogP) is 4.17. The van der Waals surface area contributed by atoms with Crippen LogP contribution in [0.1, 0.15) is 30.9 Å². The summed E-state index contributed by atoms with van der Waals surface area (Å²) in [5, 5.41) is 15.3. The van der Waals surface area contributed by atoms with Gasteiger partial charge in [-0.1, -0.05) is 60.1 Å². The van der Waals surface area contributed by atoms with Gasteiger partial charge < -0.3 is 5.32 Å². The van der Waals surface area contributed by atoms with Crippen molar-refractivity contribution < 1.29 is 4.79 Å². The largest absolute Gasteiger partial charge is 0.324 e. The number of carbonyl (C=O) groups excluding carboxylic acids is 1. The summed E-state index contributed by atoms with van der Waals surface area (Å²) in [4.78, 5) is 13.8. The second kappa shape index (κ2) is 7.78. The Balaban J connectivity index is 1.75. The minimum Gasteiger partial charge on any atom is -0.324 e. The molecule has 0 fully saturated rings. The molecule has 6 nitrogen and oxygen atoms in total. The normalized spacial score (nSPS) is 11.0. The Hall–Kier alpha value is -2.54. The number of halogens is 1. The van der Waals surface area contributed by atoms with Crippen molar-refractivity contribution in [1.82, 2.24) is 20.2 Å². The molecule has 134 valence electrons. The number of rotatable bonds is 5. The zero-order valence-electron chi connectivity index (χ0n) is 14.9. The number of carbonyl (C=O) groups is 1. The monoisotopic (exact) mass is 413 g/mol. The fourth-order valence-corrected chi connectivity index (χ4v) is 3.17. The maximum atomic E-state index is 12.5. The van der Waals surface area contributed by atoms with Crippen LogP contribution in [0.5, 0.6) is 0 Å². The van der Waals surface area contributed by atoms with E-state index in [-0.39, 0.29) is 12.5 Å². The molecule has 0 unspecified atom stereocenters. The molecular formula is C19H20BrN5O. The van der Waals surface area contributed by atoms with E-state index >= 15 is 0 Å². The number of hydrogen-bond acceptors (Lipinski definition) is 4. The topological polar surface area (TPSA) is 72.7 Å². The number of anilines is 1. The number of para-hydroxylation sites is 1. The van der Waals surface area contributed by atoms with E-state index in [1.165, 1.54) is 4.80 Å². The number of tetrazole rings is 1. The molecule has 0 aliphatic rings. The third-order valence-corrected chi connectivity index (χ3v) is 4.74. The van der Waals surface area contributed by atoms with Crippen LogP contribution in [0.3, 0.4) is 0 Å². The van der Waals surface area contributed by atoms with Gasteiger partial charge in [0.15, 0.2) is 0 Å². The first-order valence-corrected chi connectivity index (χ1v) is 9.17. The predicted molar refractivity (Wildman–Crippen MR) is 105 cm³/mol. The van der Waals surface area contributed by atoms with Gasteiger partial charge in [0.05, 0.1) is 0 Å². The zero-order chi connectivity index (χ0) is 18.7. The first-order chi connectivity index (χ1) is 12.5. The fraction of sp³-hybridized carbons (Fsp3) is 0.263. The van der Waals surface area contributed by atoms with Crippen molar-refractivity contribution in [3.63, 3.8) is 0 Å². The molecule has 0 bridgehead atoms. The van der Waals surface area contributed by atoms with E-state index in [9.17, 15) is 4.79 Å². The Kier molecular flexibility index (Phi) is 5.46. The van der Waals surface area contributed by atoms with Gasteiger partial charge in [-0.05, 0) is 41.3 Å². The molecule has 1 heterocycles. The Morgan fingerprint density at radius 1 is 1.19 bits per heavy atom. The lowest BCUT2D eigenvalue weighted by Crippen LogP contribution is -2.22. The number of nitrogens with one attached hydrogen (secondary N) is 1. The first-order valence-electron chi connectivity index (χ1n) is 8.37. The van der Waals surface area contributed by atoms with Crippen LogP contribution in [-0.2, 0) is 11.3 Å². The van der Waals surface area contributed by atoms with Gasteiger partial charge in [-0.3, -0.25) is 4.79 Å². The van der Waals surface area contributed by atoms with E-state index in [2.05, 4.69) is 50.5 Å². The van der Waals surface area contributed by atoms with Crippen LogP contribution in [0, 0.1) is 6.92 Å². The second-order valence-corrected chi connectivity index (χ2v) is 7.22. The standard InChI is InChI=1S/C19H20BrN5O/c1-12(2)14-9-6-7-13(3)18(14)21-17(26)11-25-23-19(22-24-25)15-8-4-5-10-16(15)20/h4-10,12H,11H2,1-3H3,(H,21,26). The summed E-state index contributed by atoms with van der Waals surface area (Å²) in [6, 6.07) is 13.6. The lowest BCUT2D eigenvalue weighted by molar-refractivity contribution is -0.117. The van der Waals surface area contributed by atoms with E-state index in [1.54, 1.807) is 0 Å². The van der Waals surface area contributed by atoms with Crippen molar-refractivity contribution >= 4 is 27.5 Å². The van der Waals surface area contributed by atoms with Crippen molar-refractivity contribution in [3.8, 4) is 11.4 Å². The summed E-state index contributed by atoms with van der Waals surface area (Å²) in [5.74, 6) is 0.609. The highest BCUT2D eigenvalue weighted by Crippen LogP contribution is 2.27. The molecule has 7 heteroatoms. The van der Waals surface area contributed by atoms with Gasteiger partial charge in [-0.2, -0.15) is 4.80 Å². The minimum absolute atomic E-state index is 0.00330. The van der Waals surface area contributed by atoms with E-state index in [0.717, 1.165) is 26.9 Å². The molecule has 0 saturated carbocycles. The Morgan fingerprint density at radius 3 is 2.69 bits per heavy atom. The smallest absolute Gasteiger partial charge is 0.248 e. The quantitative estimate of drug-likeness (QED) is 0.680. The molecule has 0 saturated heterocycles. The highest BCUT2D eigenvalue weighted by Gasteiger charge is 2.14. The van der Waals surface area contributed by atoms with Gasteiger partial charge in [-0.25, -0.2) is 0 Å². The van der Waals surface area contributed by atoms with Gasteiger partial charge in [0.25, 0.3) is 0 Å².